The van der Waals surface area contributed by atoms with Crippen LogP contribution in [0.5, 0.6) is 0 Å². The summed E-state index contributed by atoms with van der Waals surface area (Å²) in [6.07, 6.45) is 96.3. The quantitative estimate of drug-likeness (QED) is 0.0169. The fourth-order valence-electron chi connectivity index (χ4n) is 11.0. The van der Waals surface area contributed by atoms with E-state index in [4.69, 9.17) is 37.0 Å². The van der Waals surface area contributed by atoms with Crippen LogP contribution < -0.4 is 0 Å². The van der Waals surface area contributed by atoms with Crippen LogP contribution in [0.25, 0.3) is 0 Å². The Kier molecular flexibility index (Phi) is 77.7. The fraction of sp³-hybridized carbons (Fsp3) is 0.670. The Bertz CT molecular complexity index is 2700. The van der Waals surface area contributed by atoms with Gasteiger partial charge in [-0.2, -0.15) is 0 Å². The molecule has 110 heavy (non-hydrogen) atoms. The van der Waals surface area contributed by atoms with Crippen molar-refractivity contribution in [3.63, 3.8) is 0 Å². The topological polar surface area (TPSA) is 237 Å². The molecule has 17 nitrogen and oxygen atoms in total. The lowest BCUT2D eigenvalue weighted by Gasteiger charge is -2.21. The van der Waals surface area contributed by atoms with Crippen LogP contribution in [0.2, 0.25) is 0 Å². The molecule has 0 saturated carbocycles. The lowest BCUT2D eigenvalue weighted by atomic mass is 10.0. The van der Waals surface area contributed by atoms with E-state index in [0.717, 1.165) is 186 Å². The van der Waals surface area contributed by atoms with Gasteiger partial charge in [0.15, 0.2) is 12.2 Å². The molecule has 0 aliphatic carbocycles. The van der Waals surface area contributed by atoms with E-state index >= 15 is 0 Å². The van der Waals surface area contributed by atoms with Crippen molar-refractivity contribution in [3.05, 3.63) is 158 Å². The van der Waals surface area contributed by atoms with Gasteiger partial charge >= 0.3 is 39.5 Å². The number of esters is 4. The highest BCUT2D eigenvalue weighted by molar-refractivity contribution is 7.47. The average molecular weight is 1580 g/mol. The molecule has 0 aliphatic rings. The van der Waals surface area contributed by atoms with Crippen LogP contribution in [-0.2, 0) is 65.4 Å². The van der Waals surface area contributed by atoms with E-state index in [1.807, 2.05) is 0 Å². The number of aliphatic hydroxyl groups is 1. The number of rotatable bonds is 79. The second-order valence-electron chi connectivity index (χ2n) is 28.0. The number of carbonyl (C=O) groups excluding carboxylic acids is 4. The molecule has 0 aliphatic heterocycles. The molecule has 0 aromatic rings. The van der Waals surface area contributed by atoms with Gasteiger partial charge in [-0.3, -0.25) is 37.3 Å². The van der Waals surface area contributed by atoms with Gasteiger partial charge in [-0.15, -0.1) is 0 Å². The van der Waals surface area contributed by atoms with Crippen molar-refractivity contribution in [1.82, 2.24) is 0 Å². The molecule has 0 heterocycles. The number of aliphatic hydroxyl groups excluding tert-OH is 1. The standard InChI is InChI=1S/C91H152O17P2/c1-5-9-13-17-21-25-29-33-36-39-42-45-48-52-55-59-63-67-71-75-88(93)101-81-86(107-90(95)77-73-69-65-61-57-51-32-28-24-20-16-12-8-4)83-105-109(97,98)103-79-85(92)80-104-110(99,100)106-84-87(108-91(96)78-74-70-66-62-58-54-50-47-44-41-38-35-31-27-23-19-15-11-7-3)82-102-89(94)76-72-68-64-60-56-53-49-46-43-40-37-34-30-26-22-18-14-10-6-2/h9-10,13-14,21-23,25-27,33-38,42-47,52-53,55-56,85-87,92H,5-8,11-12,15-20,24,28-32,39-41,48-51,54,57-84H2,1-4H3,(H,97,98)(H,99,100)/b13-9-,14-10-,25-21-,26-22-,27-23-,36-33-,37-34-,38-35-,45-42-,46-43-,47-44-,55-52-,56-53-. The highest BCUT2D eigenvalue weighted by Gasteiger charge is 2.30. The van der Waals surface area contributed by atoms with Crippen molar-refractivity contribution in [3.8, 4) is 0 Å². The summed E-state index contributed by atoms with van der Waals surface area (Å²) in [6.45, 7) is 4.56. The minimum absolute atomic E-state index is 0.0677. The summed E-state index contributed by atoms with van der Waals surface area (Å²) in [4.78, 5) is 73.2. The molecular formula is C91H152O17P2. The molecular weight excluding hydrogens is 1430 g/mol. The minimum atomic E-state index is -5.00. The van der Waals surface area contributed by atoms with E-state index in [2.05, 4.69) is 186 Å². The first-order valence-corrected chi connectivity index (χ1v) is 45.7. The molecule has 5 atom stereocenters. The molecule has 3 N–H and O–H groups in total. The van der Waals surface area contributed by atoms with Crippen LogP contribution >= 0.6 is 15.6 Å². The predicted molar refractivity (Wildman–Crippen MR) is 454 cm³/mol. The first kappa shape index (κ1) is 105. The van der Waals surface area contributed by atoms with Gasteiger partial charge < -0.3 is 33.8 Å². The van der Waals surface area contributed by atoms with E-state index in [1.54, 1.807) is 0 Å². The van der Waals surface area contributed by atoms with E-state index in [9.17, 15) is 43.2 Å². The van der Waals surface area contributed by atoms with Gasteiger partial charge in [-0.25, -0.2) is 9.13 Å². The molecule has 0 fully saturated rings. The molecule has 19 heteroatoms. The smallest absolute Gasteiger partial charge is 0.462 e. The molecule has 0 aromatic carbocycles. The third kappa shape index (κ3) is 80.7. The lowest BCUT2D eigenvalue weighted by Crippen LogP contribution is -2.30. The first-order valence-electron chi connectivity index (χ1n) is 42.7. The molecule has 0 bridgehead atoms. The number of carbonyl (C=O) groups is 4. The SMILES string of the molecule is CC/C=C\C/C=C\C/C=C\C/C=C\C/C=C\CCCCCC(=O)OCC(COP(=O)(O)OCC(O)COP(=O)(O)OCC(COC(=O)CCCCC/C=C\C/C=C\C/C=C\C/C=C\C/C=C\CC)OC(=O)CCCCCCCCCCCCCCC)OC(=O)CCCCCCCC/C=C\C/C=C\C/C=C\CCCCC. The molecule has 0 saturated heterocycles. The Labute approximate surface area is 668 Å². The van der Waals surface area contributed by atoms with Crippen molar-refractivity contribution >= 4 is 39.5 Å². The molecule has 0 spiro atoms. The lowest BCUT2D eigenvalue weighted by molar-refractivity contribution is -0.161. The van der Waals surface area contributed by atoms with Crippen molar-refractivity contribution in [2.45, 2.75) is 354 Å². The van der Waals surface area contributed by atoms with Gasteiger partial charge in [0.05, 0.1) is 26.4 Å². The van der Waals surface area contributed by atoms with Gasteiger partial charge in [-0.05, 0) is 154 Å². The van der Waals surface area contributed by atoms with Crippen LogP contribution in [0.15, 0.2) is 158 Å². The van der Waals surface area contributed by atoms with Crippen LogP contribution in [0, 0.1) is 0 Å². The van der Waals surface area contributed by atoms with Crippen molar-refractivity contribution in [2.24, 2.45) is 0 Å². The molecule has 0 amide bonds. The third-order valence-corrected chi connectivity index (χ3v) is 19.4. The van der Waals surface area contributed by atoms with E-state index in [-0.39, 0.29) is 25.7 Å². The molecule has 628 valence electrons. The van der Waals surface area contributed by atoms with Crippen molar-refractivity contribution in [1.29, 1.82) is 0 Å². The number of phosphoric acid groups is 2. The fourth-order valence-corrected chi connectivity index (χ4v) is 12.6. The summed E-state index contributed by atoms with van der Waals surface area (Å²) < 4.78 is 68.8. The summed E-state index contributed by atoms with van der Waals surface area (Å²) >= 11 is 0. The molecule has 0 aromatic heterocycles. The Morgan fingerprint density at radius 3 is 0.755 bits per heavy atom. The van der Waals surface area contributed by atoms with Crippen molar-refractivity contribution < 1.29 is 80.2 Å². The van der Waals surface area contributed by atoms with E-state index < -0.39 is 97.5 Å². The van der Waals surface area contributed by atoms with Gasteiger partial charge in [0.25, 0.3) is 0 Å². The maximum absolute atomic E-state index is 13.1. The molecule has 5 unspecified atom stereocenters. The van der Waals surface area contributed by atoms with Crippen LogP contribution in [0.4, 0.5) is 0 Å². The number of ether oxygens (including phenoxy) is 4. The number of hydrogen-bond acceptors (Lipinski definition) is 15. The zero-order valence-electron chi connectivity index (χ0n) is 68.9. The predicted octanol–water partition coefficient (Wildman–Crippen LogP) is 25.6. The summed E-state index contributed by atoms with van der Waals surface area (Å²) in [5, 5.41) is 10.7. The Balaban J connectivity index is 5.44. The summed E-state index contributed by atoms with van der Waals surface area (Å²) in [6, 6.07) is 0. The van der Waals surface area contributed by atoms with Crippen molar-refractivity contribution in [2.75, 3.05) is 39.6 Å². The van der Waals surface area contributed by atoms with E-state index in [0.29, 0.717) is 25.7 Å². The molecule has 0 rings (SSSR count). The van der Waals surface area contributed by atoms with Gasteiger partial charge in [0, 0.05) is 25.7 Å². The Morgan fingerprint density at radius 1 is 0.264 bits per heavy atom. The number of phosphoric ester groups is 2. The highest BCUT2D eigenvalue weighted by Crippen LogP contribution is 2.45. The molecule has 0 radical (unpaired) electrons. The maximum Gasteiger partial charge on any atom is 0.472 e. The second kappa shape index (κ2) is 81.7. The monoisotopic (exact) mass is 1580 g/mol. The van der Waals surface area contributed by atoms with Crippen LogP contribution in [0.3, 0.4) is 0 Å². The number of allylic oxidation sites excluding steroid dienone is 26. The normalized spacial score (nSPS) is 14.6. The van der Waals surface area contributed by atoms with Crippen LogP contribution in [-0.4, -0.2) is 96.7 Å². The average Bonchev–Trinajstić information content (AvgIpc) is 0.900. The van der Waals surface area contributed by atoms with Crippen LogP contribution in [0.1, 0.15) is 336 Å². The largest absolute Gasteiger partial charge is 0.472 e. The zero-order chi connectivity index (χ0) is 80.3. The highest BCUT2D eigenvalue weighted by atomic mass is 31.2. The number of hydrogen-bond donors (Lipinski definition) is 3. The third-order valence-electron chi connectivity index (χ3n) is 17.5. The van der Waals surface area contributed by atoms with Gasteiger partial charge in [0.1, 0.15) is 19.3 Å². The number of unbranched alkanes of at least 4 members (excludes halogenated alkanes) is 27. The Morgan fingerprint density at radius 2 is 0.473 bits per heavy atom. The first-order chi connectivity index (χ1) is 53.7. The van der Waals surface area contributed by atoms with Gasteiger partial charge in [-0.1, -0.05) is 314 Å². The zero-order valence-corrected chi connectivity index (χ0v) is 70.7. The van der Waals surface area contributed by atoms with Gasteiger partial charge in [0.2, 0.25) is 0 Å². The summed E-state index contributed by atoms with van der Waals surface area (Å²) in [5.74, 6) is -2.26. The minimum Gasteiger partial charge on any atom is -0.462 e. The van der Waals surface area contributed by atoms with E-state index in [1.165, 1.54) is 70.6 Å². The Hall–Kier alpha value is -5.32. The second-order valence-corrected chi connectivity index (χ2v) is 30.9. The summed E-state index contributed by atoms with van der Waals surface area (Å²) in [5.41, 5.74) is 0. The maximum atomic E-state index is 13.1. The summed E-state index contributed by atoms with van der Waals surface area (Å²) in [7, 11) is -10.00.